The minimum absolute atomic E-state index is 0.0220. The summed E-state index contributed by atoms with van der Waals surface area (Å²) in [5.74, 6) is 0.838. The highest BCUT2D eigenvalue weighted by Crippen LogP contribution is 2.28. The monoisotopic (exact) mass is 442 g/mol. The number of carbonyl (C=O) groups excluding carboxylic acids is 1. The zero-order chi connectivity index (χ0) is 21.6. The van der Waals surface area contributed by atoms with E-state index in [2.05, 4.69) is 20.2 Å². The summed E-state index contributed by atoms with van der Waals surface area (Å²) in [7, 11) is 0. The van der Waals surface area contributed by atoms with Gasteiger partial charge in [-0.3, -0.25) is 4.79 Å². The number of aromatic nitrogens is 2. The Hall–Kier alpha value is -3.23. The van der Waals surface area contributed by atoms with E-state index in [1.165, 1.54) is 12.1 Å². The third-order valence-electron chi connectivity index (χ3n) is 4.73. The fraction of sp³-hybridized carbons (Fsp3) is 0.227. The highest BCUT2D eigenvalue weighted by molar-refractivity contribution is 6.30. The fourth-order valence-corrected chi connectivity index (χ4v) is 3.31. The Morgan fingerprint density at radius 1 is 1.13 bits per heavy atom. The molecule has 2 aromatic carbocycles. The number of halogens is 2. The molecule has 160 valence electrons. The van der Waals surface area contributed by atoms with Crippen LogP contribution in [0.4, 0.5) is 10.2 Å². The van der Waals surface area contributed by atoms with Crippen molar-refractivity contribution in [3.05, 3.63) is 76.8 Å². The third kappa shape index (κ3) is 5.28. The van der Waals surface area contributed by atoms with Crippen molar-refractivity contribution < 1.29 is 18.7 Å². The topological polar surface area (TPSA) is 76.6 Å². The van der Waals surface area contributed by atoms with Gasteiger partial charge in [-0.1, -0.05) is 17.7 Å². The molecule has 3 aromatic rings. The van der Waals surface area contributed by atoms with E-state index >= 15 is 0 Å². The molecule has 0 unspecified atom stereocenters. The quantitative estimate of drug-likeness (QED) is 0.625. The van der Waals surface area contributed by atoms with Gasteiger partial charge in [-0.25, -0.2) is 14.4 Å². The number of ether oxygens (including phenoxy) is 2. The molecule has 1 N–H and O–H groups in total. The van der Waals surface area contributed by atoms with Gasteiger partial charge in [0.15, 0.2) is 5.82 Å². The van der Waals surface area contributed by atoms with Crippen molar-refractivity contribution in [2.45, 2.75) is 6.54 Å². The van der Waals surface area contributed by atoms with Crippen molar-refractivity contribution in [3.63, 3.8) is 0 Å². The van der Waals surface area contributed by atoms with Gasteiger partial charge in [0, 0.05) is 37.6 Å². The molecule has 1 aliphatic rings. The first-order valence-electron chi connectivity index (χ1n) is 9.74. The number of rotatable bonds is 6. The highest BCUT2D eigenvalue weighted by Gasteiger charge is 2.18. The van der Waals surface area contributed by atoms with E-state index in [1.54, 1.807) is 42.7 Å². The number of hydrogen-bond donors (Lipinski definition) is 1. The Labute approximate surface area is 183 Å². The predicted octanol–water partition coefficient (Wildman–Crippen LogP) is 3.83. The molecule has 0 radical (unpaired) electrons. The number of benzene rings is 2. The first-order chi connectivity index (χ1) is 15.1. The van der Waals surface area contributed by atoms with Crippen LogP contribution in [-0.2, 0) is 11.3 Å². The Morgan fingerprint density at radius 3 is 2.61 bits per heavy atom. The molecule has 0 atom stereocenters. The van der Waals surface area contributed by atoms with Crippen LogP contribution in [0.2, 0.25) is 5.02 Å². The van der Waals surface area contributed by atoms with Gasteiger partial charge in [0.2, 0.25) is 0 Å². The molecule has 1 fully saturated rings. The number of hydrogen-bond acceptors (Lipinski definition) is 6. The SMILES string of the molecule is O=C(NCc1ccc(F)c(Cl)c1)c1ccc(Oc2nccnc2N2CCOCC2)cc1. The van der Waals surface area contributed by atoms with Gasteiger partial charge < -0.3 is 19.7 Å². The van der Waals surface area contributed by atoms with Crippen LogP contribution in [0, 0.1) is 5.82 Å². The minimum atomic E-state index is -0.493. The third-order valence-corrected chi connectivity index (χ3v) is 5.01. The van der Waals surface area contributed by atoms with Crippen LogP contribution < -0.4 is 15.0 Å². The lowest BCUT2D eigenvalue weighted by atomic mass is 10.2. The van der Waals surface area contributed by atoms with Crippen LogP contribution in [-0.4, -0.2) is 42.2 Å². The van der Waals surface area contributed by atoms with E-state index < -0.39 is 5.82 Å². The summed E-state index contributed by atoms with van der Waals surface area (Å²) in [6.07, 6.45) is 3.20. The van der Waals surface area contributed by atoms with Crippen molar-refractivity contribution in [1.82, 2.24) is 15.3 Å². The summed E-state index contributed by atoms with van der Waals surface area (Å²) in [4.78, 5) is 23.2. The van der Waals surface area contributed by atoms with Crippen LogP contribution in [0.15, 0.2) is 54.9 Å². The van der Waals surface area contributed by atoms with E-state index in [0.29, 0.717) is 54.9 Å². The highest BCUT2D eigenvalue weighted by atomic mass is 35.5. The molecule has 0 spiro atoms. The molecule has 7 nitrogen and oxygen atoms in total. The van der Waals surface area contributed by atoms with Gasteiger partial charge in [0.05, 0.1) is 18.2 Å². The van der Waals surface area contributed by atoms with E-state index in [9.17, 15) is 9.18 Å². The number of morpholine rings is 1. The fourth-order valence-electron chi connectivity index (χ4n) is 3.10. The Bertz CT molecular complexity index is 1060. The first-order valence-corrected chi connectivity index (χ1v) is 10.1. The molecular formula is C22H20ClFN4O3. The number of amides is 1. The molecule has 0 aliphatic carbocycles. The van der Waals surface area contributed by atoms with Crippen LogP contribution >= 0.6 is 11.6 Å². The van der Waals surface area contributed by atoms with Gasteiger partial charge in [0.25, 0.3) is 11.8 Å². The Morgan fingerprint density at radius 2 is 1.87 bits per heavy atom. The molecule has 9 heteroatoms. The van der Waals surface area contributed by atoms with Gasteiger partial charge in [0.1, 0.15) is 11.6 Å². The Kier molecular flexibility index (Phi) is 6.59. The van der Waals surface area contributed by atoms with Crippen LogP contribution in [0.1, 0.15) is 15.9 Å². The lowest BCUT2D eigenvalue weighted by Crippen LogP contribution is -2.37. The summed E-state index contributed by atoms with van der Waals surface area (Å²) in [5.41, 5.74) is 1.17. The van der Waals surface area contributed by atoms with Crippen molar-refractivity contribution in [1.29, 1.82) is 0 Å². The average Bonchev–Trinajstić information content (AvgIpc) is 2.81. The second kappa shape index (κ2) is 9.72. The molecular weight excluding hydrogens is 423 g/mol. The number of nitrogens with zero attached hydrogens (tertiary/aromatic N) is 3. The van der Waals surface area contributed by atoms with Crippen molar-refractivity contribution >= 4 is 23.3 Å². The van der Waals surface area contributed by atoms with Gasteiger partial charge in [-0.2, -0.15) is 0 Å². The summed E-state index contributed by atoms with van der Waals surface area (Å²) in [5, 5.41) is 2.80. The maximum absolute atomic E-state index is 13.2. The van der Waals surface area contributed by atoms with E-state index in [0.717, 1.165) is 0 Å². The van der Waals surface area contributed by atoms with Crippen molar-refractivity contribution in [2.24, 2.45) is 0 Å². The summed E-state index contributed by atoms with van der Waals surface area (Å²) in [6.45, 7) is 2.92. The minimum Gasteiger partial charge on any atom is -0.436 e. The lowest BCUT2D eigenvalue weighted by Gasteiger charge is -2.28. The van der Waals surface area contributed by atoms with E-state index in [1.807, 2.05) is 0 Å². The largest absolute Gasteiger partial charge is 0.436 e. The maximum atomic E-state index is 13.2. The second-order valence-corrected chi connectivity index (χ2v) is 7.25. The standard InChI is InChI=1S/C22H20ClFN4O3/c23-18-13-15(1-6-19(18)24)14-27-21(29)16-2-4-17(5-3-16)31-22-20(25-7-8-26-22)28-9-11-30-12-10-28/h1-8,13H,9-12,14H2,(H,27,29). The molecule has 2 heterocycles. The van der Waals surface area contributed by atoms with Crippen LogP contribution in [0.5, 0.6) is 11.6 Å². The molecule has 1 amide bonds. The smallest absolute Gasteiger partial charge is 0.263 e. The zero-order valence-electron chi connectivity index (χ0n) is 16.6. The first kappa shape index (κ1) is 21.0. The van der Waals surface area contributed by atoms with Gasteiger partial charge >= 0.3 is 0 Å². The molecule has 0 saturated carbocycles. The lowest BCUT2D eigenvalue weighted by molar-refractivity contribution is 0.0951. The summed E-state index contributed by atoms with van der Waals surface area (Å²) in [6, 6.07) is 11.0. The normalized spacial score (nSPS) is 13.7. The molecule has 31 heavy (non-hydrogen) atoms. The van der Waals surface area contributed by atoms with Gasteiger partial charge in [-0.15, -0.1) is 0 Å². The van der Waals surface area contributed by atoms with E-state index in [4.69, 9.17) is 21.1 Å². The van der Waals surface area contributed by atoms with Crippen LogP contribution in [0.3, 0.4) is 0 Å². The summed E-state index contributed by atoms with van der Waals surface area (Å²) < 4.78 is 24.5. The van der Waals surface area contributed by atoms with Crippen molar-refractivity contribution in [3.8, 4) is 11.6 Å². The molecule has 1 saturated heterocycles. The number of nitrogens with one attached hydrogen (secondary N) is 1. The molecule has 4 rings (SSSR count). The number of anilines is 1. The molecule has 1 aliphatic heterocycles. The molecule has 0 bridgehead atoms. The maximum Gasteiger partial charge on any atom is 0.263 e. The Balaban J connectivity index is 1.39. The average molecular weight is 443 g/mol. The number of carbonyl (C=O) groups is 1. The molecule has 1 aromatic heterocycles. The zero-order valence-corrected chi connectivity index (χ0v) is 17.3. The summed E-state index contributed by atoms with van der Waals surface area (Å²) >= 11 is 5.77. The second-order valence-electron chi connectivity index (χ2n) is 6.84. The van der Waals surface area contributed by atoms with Crippen LogP contribution in [0.25, 0.3) is 0 Å². The van der Waals surface area contributed by atoms with Gasteiger partial charge in [-0.05, 0) is 42.0 Å². The van der Waals surface area contributed by atoms with E-state index in [-0.39, 0.29) is 17.5 Å². The predicted molar refractivity (Wildman–Crippen MR) is 114 cm³/mol. The van der Waals surface area contributed by atoms with Crippen molar-refractivity contribution in [2.75, 3.05) is 31.2 Å².